The number of hydrogen-bond acceptors (Lipinski definition) is 1. The van der Waals surface area contributed by atoms with E-state index in [1.54, 1.807) is 0 Å². The first-order chi connectivity index (χ1) is 11.8. The van der Waals surface area contributed by atoms with Crippen LogP contribution in [0.5, 0.6) is 0 Å². The molecule has 0 amide bonds. The molecule has 2 unspecified atom stereocenters. The Bertz CT molecular complexity index is 769. The molecule has 1 aliphatic heterocycles. The van der Waals surface area contributed by atoms with Gasteiger partial charge < -0.3 is 0 Å². The van der Waals surface area contributed by atoms with E-state index in [4.69, 9.17) is 0 Å². The summed E-state index contributed by atoms with van der Waals surface area (Å²) in [7, 11) is 0.755. The highest BCUT2D eigenvalue weighted by molar-refractivity contribution is 7.41. The van der Waals surface area contributed by atoms with E-state index in [1.807, 2.05) is 42.5 Å². The molecule has 0 N–H and O–H groups in total. The van der Waals surface area contributed by atoms with Crippen LogP contribution in [0, 0.1) is 5.92 Å². The van der Waals surface area contributed by atoms with Crippen molar-refractivity contribution in [3.63, 3.8) is 0 Å². The van der Waals surface area contributed by atoms with Gasteiger partial charge in [0.1, 0.15) is 0 Å². The van der Waals surface area contributed by atoms with Crippen LogP contribution in [0.25, 0.3) is 0 Å². The lowest BCUT2D eigenvalue weighted by molar-refractivity contribution is 0.0899. The van der Waals surface area contributed by atoms with Gasteiger partial charge in [0.05, 0.1) is 0 Å². The van der Waals surface area contributed by atoms with E-state index in [0.29, 0.717) is 11.3 Å². The molecule has 0 bridgehead atoms. The predicted octanol–water partition coefficient (Wildman–Crippen LogP) is 5.66. The predicted molar refractivity (Wildman–Crippen MR) is 101 cm³/mol. The van der Waals surface area contributed by atoms with Gasteiger partial charge in [-0.25, -0.2) is 0 Å². The van der Waals surface area contributed by atoms with Gasteiger partial charge in [0.2, 0.25) is 0 Å². The first-order valence-corrected chi connectivity index (χ1v) is 9.45. The van der Waals surface area contributed by atoms with E-state index < -0.39 is 0 Å². The molecule has 1 heterocycles. The number of carbonyl (C=O) groups is 1. The van der Waals surface area contributed by atoms with E-state index in [1.165, 1.54) is 11.1 Å². The fraction of sp³-hybridized carbons (Fsp3) is 0.136. The lowest BCUT2D eigenvalue weighted by atomic mass is 9.84. The molecule has 2 heteroatoms. The molecule has 0 aliphatic carbocycles. The summed E-state index contributed by atoms with van der Waals surface area (Å²) < 4.78 is 0. The molecule has 0 aromatic heterocycles. The molecular weight excluding hydrogens is 311 g/mol. The smallest absolute Gasteiger partial charge is 0.167 e. The molecule has 1 saturated heterocycles. The summed E-state index contributed by atoms with van der Waals surface area (Å²) in [5, 5.41) is 0. The third-order valence-corrected chi connectivity index (χ3v) is 6.86. The maximum Gasteiger partial charge on any atom is 0.167 e. The zero-order valence-corrected chi connectivity index (χ0v) is 14.3. The maximum absolute atomic E-state index is 13.2. The number of benzene rings is 3. The highest BCUT2D eigenvalue weighted by Crippen LogP contribution is 2.67. The van der Waals surface area contributed by atoms with Crippen molar-refractivity contribution in [2.75, 3.05) is 0 Å². The fourth-order valence-corrected chi connectivity index (χ4v) is 5.43. The summed E-state index contributed by atoms with van der Waals surface area (Å²) in [6.07, 6.45) is 0. The first kappa shape index (κ1) is 15.3. The zero-order chi connectivity index (χ0) is 16.4. The van der Waals surface area contributed by atoms with Crippen molar-refractivity contribution >= 4 is 14.4 Å². The Kier molecular flexibility index (Phi) is 4.28. The number of ketones is 1. The molecule has 1 aliphatic rings. The minimum atomic E-state index is 0.0375. The number of hydrogen-bond donors (Lipinski definition) is 0. The molecule has 4 rings (SSSR count). The second-order valence-corrected chi connectivity index (χ2v) is 7.78. The molecule has 3 aromatic rings. The number of carbonyl (C=O) groups excluding carboxylic acids is 1. The van der Waals surface area contributed by atoms with E-state index >= 15 is 0 Å². The summed E-state index contributed by atoms with van der Waals surface area (Å²) in [6, 6.07) is 30.7. The Morgan fingerprint density at radius 2 is 1.04 bits per heavy atom. The van der Waals surface area contributed by atoms with E-state index in [-0.39, 0.29) is 11.7 Å². The average Bonchev–Trinajstić information content (AvgIpc) is 2.63. The topological polar surface area (TPSA) is 17.1 Å². The van der Waals surface area contributed by atoms with Crippen molar-refractivity contribution in [3.05, 3.63) is 108 Å². The lowest BCUT2D eigenvalue weighted by Gasteiger charge is -2.44. The SMILES string of the molecule is O=C(c1ccccc1)C1C(c2ccccc2)PC1c1ccccc1. The highest BCUT2D eigenvalue weighted by atomic mass is 31.1. The number of Topliss-reactive ketones (excluding diaryl/α,β-unsaturated/α-hetero) is 1. The quantitative estimate of drug-likeness (QED) is 0.445. The molecule has 1 fully saturated rings. The van der Waals surface area contributed by atoms with Crippen LogP contribution in [0.4, 0.5) is 0 Å². The molecule has 0 spiro atoms. The molecule has 1 nitrogen and oxygen atoms in total. The van der Waals surface area contributed by atoms with E-state index in [2.05, 4.69) is 48.5 Å². The van der Waals surface area contributed by atoms with E-state index in [0.717, 1.165) is 14.1 Å². The molecule has 2 atom stereocenters. The largest absolute Gasteiger partial charge is 0.294 e. The van der Waals surface area contributed by atoms with Crippen molar-refractivity contribution < 1.29 is 4.79 Å². The molecule has 3 aromatic carbocycles. The van der Waals surface area contributed by atoms with Gasteiger partial charge in [-0.2, -0.15) is 0 Å². The fourth-order valence-electron chi connectivity index (χ4n) is 3.50. The summed E-state index contributed by atoms with van der Waals surface area (Å²) in [4.78, 5) is 13.2. The van der Waals surface area contributed by atoms with Gasteiger partial charge in [-0.05, 0) is 11.1 Å². The second kappa shape index (κ2) is 6.71. The van der Waals surface area contributed by atoms with Crippen LogP contribution in [0.1, 0.15) is 32.8 Å². The minimum absolute atomic E-state index is 0.0375. The molecule has 24 heavy (non-hydrogen) atoms. The molecule has 0 saturated carbocycles. The standard InChI is InChI=1S/C22H19OP/c23-20(16-10-4-1-5-11-16)19-21(17-12-6-2-7-13-17)24-22(19)18-14-8-3-9-15-18/h1-15,19,21-22,24H. The summed E-state index contributed by atoms with van der Waals surface area (Å²) in [6.45, 7) is 0. The van der Waals surface area contributed by atoms with Crippen LogP contribution in [-0.4, -0.2) is 5.78 Å². The maximum atomic E-state index is 13.2. The summed E-state index contributed by atoms with van der Waals surface area (Å²) >= 11 is 0. The van der Waals surface area contributed by atoms with Gasteiger partial charge in [0, 0.05) is 22.8 Å². The van der Waals surface area contributed by atoms with Crippen molar-refractivity contribution in [2.45, 2.75) is 11.3 Å². The van der Waals surface area contributed by atoms with Crippen molar-refractivity contribution in [2.24, 2.45) is 5.92 Å². The van der Waals surface area contributed by atoms with Crippen LogP contribution in [0.2, 0.25) is 0 Å². The van der Waals surface area contributed by atoms with Crippen LogP contribution >= 0.6 is 8.58 Å². The summed E-state index contributed by atoms with van der Waals surface area (Å²) in [5.74, 6) is 0.313. The Labute approximate surface area is 144 Å². The van der Waals surface area contributed by atoms with Crippen molar-refractivity contribution in [3.8, 4) is 0 Å². The first-order valence-electron chi connectivity index (χ1n) is 8.30. The van der Waals surface area contributed by atoms with Crippen molar-refractivity contribution in [1.82, 2.24) is 0 Å². The van der Waals surface area contributed by atoms with Gasteiger partial charge in [-0.3, -0.25) is 4.79 Å². The van der Waals surface area contributed by atoms with Gasteiger partial charge in [-0.1, -0.05) is 91.0 Å². The minimum Gasteiger partial charge on any atom is -0.294 e. The molecule has 118 valence electrons. The van der Waals surface area contributed by atoms with Crippen LogP contribution in [0.15, 0.2) is 91.0 Å². The van der Waals surface area contributed by atoms with Crippen molar-refractivity contribution in [1.29, 1.82) is 0 Å². The Morgan fingerprint density at radius 1 is 0.625 bits per heavy atom. The average molecular weight is 330 g/mol. The third-order valence-electron chi connectivity index (χ3n) is 4.76. The van der Waals surface area contributed by atoms with E-state index in [9.17, 15) is 4.79 Å². The van der Waals surface area contributed by atoms with Crippen LogP contribution < -0.4 is 0 Å². The van der Waals surface area contributed by atoms with Gasteiger partial charge >= 0.3 is 0 Å². The normalized spacial score (nSPS) is 23.6. The third kappa shape index (κ3) is 2.81. The van der Waals surface area contributed by atoms with Gasteiger partial charge in [-0.15, -0.1) is 8.58 Å². The van der Waals surface area contributed by atoms with Gasteiger partial charge in [0.15, 0.2) is 5.78 Å². The highest BCUT2D eigenvalue weighted by Gasteiger charge is 2.46. The summed E-state index contributed by atoms with van der Waals surface area (Å²) in [5.41, 5.74) is 4.08. The molecule has 0 radical (unpaired) electrons. The van der Waals surface area contributed by atoms with Crippen LogP contribution in [-0.2, 0) is 0 Å². The lowest BCUT2D eigenvalue weighted by Crippen LogP contribution is -2.33. The monoisotopic (exact) mass is 330 g/mol. The van der Waals surface area contributed by atoms with Gasteiger partial charge in [0.25, 0.3) is 0 Å². The van der Waals surface area contributed by atoms with Crippen LogP contribution in [0.3, 0.4) is 0 Å². The zero-order valence-electron chi connectivity index (χ0n) is 13.3. The Balaban J connectivity index is 1.69. The Hall–Kier alpha value is -2.24. The number of rotatable bonds is 4. The second-order valence-electron chi connectivity index (χ2n) is 6.20. The Morgan fingerprint density at radius 3 is 1.50 bits per heavy atom. The molecular formula is C22H19OP.